The van der Waals surface area contributed by atoms with Crippen LogP contribution in [0.1, 0.15) is 18.9 Å². The summed E-state index contributed by atoms with van der Waals surface area (Å²) in [6.45, 7) is 2.40. The van der Waals surface area contributed by atoms with Gasteiger partial charge in [-0.25, -0.2) is 4.39 Å². The summed E-state index contributed by atoms with van der Waals surface area (Å²) in [5.74, 6) is -0.570. The van der Waals surface area contributed by atoms with E-state index in [-0.39, 0.29) is 28.8 Å². The van der Waals surface area contributed by atoms with Crippen LogP contribution in [0.15, 0.2) is 24.5 Å². The Bertz CT molecular complexity index is 685. The molecule has 0 saturated heterocycles. The molecule has 0 spiro atoms. The molecule has 1 heterocycles. The number of halogens is 1. The van der Waals surface area contributed by atoms with E-state index in [0.29, 0.717) is 6.61 Å². The molecule has 1 aromatic carbocycles. The van der Waals surface area contributed by atoms with Gasteiger partial charge in [-0.3, -0.25) is 0 Å². The van der Waals surface area contributed by atoms with Gasteiger partial charge in [0.15, 0.2) is 17.3 Å². The highest BCUT2D eigenvalue weighted by atomic mass is 19.1. The quantitative estimate of drug-likeness (QED) is 0.908. The predicted octanol–water partition coefficient (Wildman–Crippen LogP) is 2.65. The van der Waals surface area contributed by atoms with Crippen LogP contribution in [0.4, 0.5) is 10.1 Å². The second kappa shape index (κ2) is 6.52. The normalized spacial score (nSPS) is 9.95. The van der Waals surface area contributed by atoms with Gasteiger partial charge in [0.25, 0.3) is 0 Å². The topological polar surface area (TPSA) is 94.0 Å². The summed E-state index contributed by atoms with van der Waals surface area (Å²) in [4.78, 5) is 7.75. The maximum absolute atomic E-state index is 13.8. The van der Waals surface area contributed by atoms with E-state index in [0.717, 1.165) is 12.5 Å². The van der Waals surface area contributed by atoms with Crippen molar-refractivity contribution in [3.8, 4) is 23.6 Å². The summed E-state index contributed by atoms with van der Waals surface area (Å²) in [6.07, 6.45) is 2.02. The van der Waals surface area contributed by atoms with Crippen LogP contribution in [0.2, 0.25) is 0 Å². The molecular weight excluding hydrogens is 275 g/mol. The van der Waals surface area contributed by atoms with Gasteiger partial charge in [-0.15, -0.1) is 0 Å². The minimum Gasteiger partial charge on any atom is -0.476 e. The lowest BCUT2D eigenvalue weighted by molar-refractivity contribution is 0.304. The number of anilines is 1. The van der Waals surface area contributed by atoms with E-state index in [1.807, 2.05) is 13.0 Å². The molecule has 2 N–H and O–H groups in total. The lowest BCUT2D eigenvalue weighted by atomic mass is 10.2. The van der Waals surface area contributed by atoms with Crippen LogP contribution in [-0.2, 0) is 0 Å². The first kappa shape index (κ1) is 14.5. The Morgan fingerprint density at radius 3 is 2.76 bits per heavy atom. The number of nitriles is 1. The minimum atomic E-state index is -0.678. The van der Waals surface area contributed by atoms with Gasteiger partial charge in [-0.1, -0.05) is 6.92 Å². The Balaban J connectivity index is 2.26. The molecule has 0 aliphatic heterocycles. The number of hydrogen-bond acceptors (Lipinski definition) is 6. The summed E-state index contributed by atoms with van der Waals surface area (Å²) < 4.78 is 24.4. The first-order valence-corrected chi connectivity index (χ1v) is 6.26. The van der Waals surface area contributed by atoms with Crippen molar-refractivity contribution in [3.63, 3.8) is 0 Å². The van der Waals surface area contributed by atoms with E-state index >= 15 is 0 Å². The molecule has 2 rings (SSSR count). The van der Waals surface area contributed by atoms with Crippen molar-refractivity contribution in [2.75, 3.05) is 12.3 Å². The molecule has 2 aromatic rings. The molecule has 0 amide bonds. The van der Waals surface area contributed by atoms with Crippen LogP contribution in [0, 0.1) is 17.1 Å². The molecular formula is C14H13FN4O2. The highest BCUT2D eigenvalue weighted by Crippen LogP contribution is 2.31. The van der Waals surface area contributed by atoms with E-state index in [2.05, 4.69) is 9.97 Å². The Morgan fingerprint density at radius 2 is 2.10 bits per heavy atom. The van der Waals surface area contributed by atoms with Gasteiger partial charge in [0.1, 0.15) is 6.33 Å². The third-order valence-electron chi connectivity index (χ3n) is 2.52. The fourth-order valence-corrected chi connectivity index (χ4v) is 1.52. The number of hydrogen-bond donors (Lipinski definition) is 1. The Labute approximate surface area is 121 Å². The van der Waals surface area contributed by atoms with Gasteiger partial charge >= 0.3 is 0 Å². The lowest BCUT2D eigenvalue weighted by Crippen LogP contribution is -2.04. The zero-order valence-electron chi connectivity index (χ0n) is 11.3. The van der Waals surface area contributed by atoms with Crippen molar-refractivity contribution >= 4 is 5.69 Å². The molecule has 21 heavy (non-hydrogen) atoms. The van der Waals surface area contributed by atoms with Crippen molar-refractivity contribution in [2.45, 2.75) is 13.3 Å². The number of rotatable bonds is 5. The highest BCUT2D eigenvalue weighted by molar-refractivity contribution is 5.57. The van der Waals surface area contributed by atoms with Gasteiger partial charge < -0.3 is 15.2 Å². The van der Waals surface area contributed by atoms with Crippen LogP contribution >= 0.6 is 0 Å². The summed E-state index contributed by atoms with van der Waals surface area (Å²) >= 11 is 0. The van der Waals surface area contributed by atoms with Gasteiger partial charge in [-0.2, -0.15) is 15.2 Å². The molecule has 0 unspecified atom stereocenters. The van der Waals surface area contributed by atoms with Gasteiger partial charge in [-0.05, 0) is 24.6 Å². The maximum Gasteiger partial charge on any atom is 0.249 e. The zero-order valence-corrected chi connectivity index (χ0v) is 11.3. The first-order valence-electron chi connectivity index (χ1n) is 6.26. The number of benzene rings is 1. The first-order chi connectivity index (χ1) is 10.2. The van der Waals surface area contributed by atoms with E-state index in [1.54, 1.807) is 0 Å². The largest absolute Gasteiger partial charge is 0.476 e. The van der Waals surface area contributed by atoms with Gasteiger partial charge in [0.2, 0.25) is 11.8 Å². The lowest BCUT2D eigenvalue weighted by Gasteiger charge is -2.11. The van der Waals surface area contributed by atoms with Crippen LogP contribution in [-0.4, -0.2) is 16.6 Å². The van der Waals surface area contributed by atoms with Gasteiger partial charge in [0, 0.05) is 0 Å². The molecule has 0 radical (unpaired) electrons. The van der Waals surface area contributed by atoms with E-state index in [1.165, 1.54) is 18.5 Å². The molecule has 0 bridgehead atoms. The monoisotopic (exact) mass is 288 g/mol. The Kier molecular flexibility index (Phi) is 4.51. The van der Waals surface area contributed by atoms with Crippen LogP contribution in [0.5, 0.6) is 17.5 Å². The van der Waals surface area contributed by atoms with E-state index in [9.17, 15) is 4.39 Å². The molecule has 0 aliphatic rings. The fourth-order valence-electron chi connectivity index (χ4n) is 1.52. The van der Waals surface area contributed by atoms with Crippen LogP contribution < -0.4 is 15.2 Å². The van der Waals surface area contributed by atoms with Crippen molar-refractivity contribution in [1.29, 1.82) is 5.26 Å². The maximum atomic E-state index is 13.8. The Hall–Kier alpha value is -2.88. The molecule has 0 atom stereocenters. The molecule has 0 aliphatic carbocycles. The van der Waals surface area contributed by atoms with Crippen LogP contribution in [0.3, 0.4) is 0 Å². The number of nitrogen functional groups attached to an aromatic ring is 1. The summed E-state index contributed by atoms with van der Waals surface area (Å²) in [7, 11) is 0. The smallest absolute Gasteiger partial charge is 0.249 e. The molecule has 0 fully saturated rings. The molecule has 7 heteroatoms. The summed E-state index contributed by atoms with van der Waals surface area (Å²) in [6, 6.07) is 5.68. The standard InChI is InChI=1S/C14H13FN4O2/c1-2-5-20-13-12(17)14(19-8-18-13)21-11-4-3-9(7-16)6-10(11)15/h3-4,6,8H,2,5,17H2,1H3. The average molecular weight is 288 g/mol. The molecule has 0 saturated carbocycles. The van der Waals surface area contributed by atoms with Crippen LogP contribution in [0.25, 0.3) is 0 Å². The second-order valence-electron chi connectivity index (χ2n) is 4.11. The predicted molar refractivity (Wildman–Crippen MR) is 73.4 cm³/mol. The number of ether oxygens (including phenoxy) is 2. The molecule has 6 nitrogen and oxygen atoms in total. The van der Waals surface area contributed by atoms with Crippen molar-refractivity contribution in [2.24, 2.45) is 0 Å². The fraction of sp³-hybridized carbons (Fsp3) is 0.214. The molecule has 1 aromatic heterocycles. The summed E-state index contributed by atoms with van der Waals surface area (Å²) in [5.41, 5.74) is 6.12. The average Bonchev–Trinajstić information content (AvgIpc) is 2.50. The minimum absolute atomic E-state index is 0.000268. The van der Waals surface area contributed by atoms with E-state index in [4.69, 9.17) is 20.5 Å². The SMILES string of the molecule is CCCOc1ncnc(Oc2ccc(C#N)cc2F)c1N. The highest BCUT2D eigenvalue weighted by Gasteiger charge is 2.13. The van der Waals surface area contributed by atoms with Crippen molar-refractivity contribution in [3.05, 3.63) is 35.9 Å². The number of nitrogens with zero attached hydrogens (tertiary/aromatic N) is 3. The molecule has 108 valence electrons. The van der Waals surface area contributed by atoms with Gasteiger partial charge in [0.05, 0.1) is 18.2 Å². The van der Waals surface area contributed by atoms with E-state index < -0.39 is 5.82 Å². The number of aromatic nitrogens is 2. The second-order valence-corrected chi connectivity index (χ2v) is 4.11. The van der Waals surface area contributed by atoms with Crippen molar-refractivity contribution < 1.29 is 13.9 Å². The third kappa shape index (κ3) is 3.36. The third-order valence-corrected chi connectivity index (χ3v) is 2.52. The number of nitrogens with two attached hydrogens (primary N) is 1. The zero-order chi connectivity index (χ0) is 15.2. The summed E-state index contributed by atoms with van der Waals surface area (Å²) in [5, 5.41) is 8.69. The van der Waals surface area contributed by atoms with Crippen molar-refractivity contribution in [1.82, 2.24) is 9.97 Å². The Morgan fingerprint density at radius 1 is 1.33 bits per heavy atom.